The van der Waals surface area contributed by atoms with Crippen LogP contribution in [0.15, 0.2) is 6.20 Å². The highest BCUT2D eigenvalue weighted by Crippen LogP contribution is 2.18. The topological polar surface area (TPSA) is 65.1 Å². The van der Waals surface area contributed by atoms with Crippen molar-refractivity contribution >= 4 is 11.5 Å². The highest BCUT2D eigenvalue weighted by Gasteiger charge is 2.15. The van der Waals surface area contributed by atoms with Gasteiger partial charge in [-0.25, -0.2) is 0 Å². The number of nitrogens with one attached hydrogen (secondary N) is 1. The van der Waals surface area contributed by atoms with Crippen molar-refractivity contribution in [3.8, 4) is 0 Å². The third-order valence-electron chi connectivity index (χ3n) is 2.36. The van der Waals surface area contributed by atoms with Crippen LogP contribution in [0.1, 0.15) is 12.8 Å². The average Bonchev–Trinajstić information content (AvgIpc) is 2.47. The Balaban J connectivity index is 1.98. The van der Waals surface area contributed by atoms with E-state index in [1.807, 2.05) is 7.05 Å². The van der Waals surface area contributed by atoms with E-state index in [1.165, 1.54) is 0 Å². The summed E-state index contributed by atoms with van der Waals surface area (Å²) in [5.74, 6) is 0.767. The maximum Gasteiger partial charge on any atom is 0.171 e. The SMILES string of the molecule is Cn1cc(N)c(NC2CCCOC2)n1. The van der Waals surface area contributed by atoms with E-state index in [1.54, 1.807) is 10.9 Å². The number of hydrogen-bond donors (Lipinski definition) is 2. The van der Waals surface area contributed by atoms with Crippen molar-refractivity contribution in [2.75, 3.05) is 24.3 Å². The molecular formula is C9H16N4O. The number of hydrogen-bond acceptors (Lipinski definition) is 4. The number of aromatic nitrogens is 2. The molecular weight excluding hydrogens is 180 g/mol. The quantitative estimate of drug-likeness (QED) is 0.726. The van der Waals surface area contributed by atoms with Crippen LogP contribution < -0.4 is 11.1 Å². The maximum atomic E-state index is 5.77. The van der Waals surface area contributed by atoms with Crippen LogP contribution >= 0.6 is 0 Å². The largest absolute Gasteiger partial charge is 0.394 e. The van der Waals surface area contributed by atoms with E-state index >= 15 is 0 Å². The Morgan fingerprint density at radius 3 is 3.14 bits per heavy atom. The van der Waals surface area contributed by atoms with Crippen LogP contribution in [0.3, 0.4) is 0 Å². The second-order valence-electron chi connectivity index (χ2n) is 3.67. The maximum absolute atomic E-state index is 5.77. The van der Waals surface area contributed by atoms with Gasteiger partial charge in [-0.2, -0.15) is 5.10 Å². The van der Waals surface area contributed by atoms with Crippen molar-refractivity contribution in [3.05, 3.63) is 6.20 Å². The molecule has 0 saturated carbocycles. The Morgan fingerprint density at radius 1 is 1.71 bits per heavy atom. The molecule has 3 N–H and O–H groups in total. The number of rotatable bonds is 2. The molecule has 1 atom stereocenters. The summed E-state index contributed by atoms with van der Waals surface area (Å²) in [6.45, 7) is 1.62. The fourth-order valence-corrected chi connectivity index (χ4v) is 1.67. The van der Waals surface area contributed by atoms with Gasteiger partial charge in [0.25, 0.3) is 0 Å². The van der Waals surface area contributed by atoms with Crippen LogP contribution in [-0.2, 0) is 11.8 Å². The molecule has 5 nitrogen and oxygen atoms in total. The van der Waals surface area contributed by atoms with E-state index in [2.05, 4.69) is 10.4 Å². The molecule has 0 aromatic carbocycles. The van der Waals surface area contributed by atoms with Gasteiger partial charge in [0, 0.05) is 19.9 Å². The molecule has 1 unspecified atom stereocenters. The molecule has 0 bridgehead atoms. The van der Waals surface area contributed by atoms with Crippen molar-refractivity contribution in [3.63, 3.8) is 0 Å². The van der Waals surface area contributed by atoms with E-state index < -0.39 is 0 Å². The predicted octanol–water partition coefficient (Wildman–Crippen LogP) is 0.593. The Kier molecular flexibility index (Phi) is 2.58. The number of ether oxygens (including phenoxy) is 1. The third kappa shape index (κ3) is 1.98. The van der Waals surface area contributed by atoms with Crippen molar-refractivity contribution in [2.24, 2.45) is 7.05 Å². The molecule has 1 aromatic heterocycles. The number of nitrogen functional groups attached to an aromatic ring is 1. The van der Waals surface area contributed by atoms with Gasteiger partial charge >= 0.3 is 0 Å². The van der Waals surface area contributed by atoms with E-state index in [0.29, 0.717) is 11.7 Å². The smallest absolute Gasteiger partial charge is 0.171 e. The van der Waals surface area contributed by atoms with Crippen LogP contribution in [-0.4, -0.2) is 29.0 Å². The monoisotopic (exact) mass is 196 g/mol. The van der Waals surface area contributed by atoms with Crippen molar-refractivity contribution < 1.29 is 4.74 Å². The van der Waals surface area contributed by atoms with Crippen LogP contribution in [0.5, 0.6) is 0 Å². The first-order valence-corrected chi connectivity index (χ1v) is 4.89. The lowest BCUT2D eigenvalue weighted by Gasteiger charge is -2.23. The van der Waals surface area contributed by atoms with Crippen LogP contribution in [0.2, 0.25) is 0 Å². The lowest BCUT2D eigenvalue weighted by molar-refractivity contribution is 0.0875. The normalized spacial score (nSPS) is 22.2. The van der Waals surface area contributed by atoms with Crippen molar-refractivity contribution in [2.45, 2.75) is 18.9 Å². The van der Waals surface area contributed by atoms with E-state index in [9.17, 15) is 0 Å². The highest BCUT2D eigenvalue weighted by molar-refractivity contribution is 5.60. The summed E-state index contributed by atoms with van der Waals surface area (Å²) in [6, 6.07) is 0.348. The molecule has 1 aliphatic rings. The minimum atomic E-state index is 0.348. The van der Waals surface area contributed by atoms with E-state index in [-0.39, 0.29) is 0 Å². The lowest BCUT2D eigenvalue weighted by atomic mass is 10.1. The van der Waals surface area contributed by atoms with Crippen LogP contribution in [0, 0.1) is 0 Å². The zero-order valence-electron chi connectivity index (χ0n) is 8.36. The third-order valence-corrected chi connectivity index (χ3v) is 2.36. The fourth-order valence-electron chi connectivity index (χ4n) is 1.67. The van der Waals surface area contributed by atoms with Crippen LogP contribution in [0.4, 0.5) is 11.5 Å². The molecule has 0 amide bonds. The summed E-state index contributed by atoms with van der Waals surface area (Å²) in [7, 11) is 1.86. The average molecular weight is 196 g/mol. The summed E-state index contributed by atoms with van der Waals surface area (Å²) in [6.07, 6.45) is 4.02. The van der Waals surface area contributed by atoms with Gasteiger partial charge in [0.2, 0.25) is 0 Å². The minimum Gasteiger partial charge on any atom is -0.394 e. The number of nitrogens with two attached hydrogens (primary N) is 1. The number of aryl methyl sites for hydroxylation is 1. The van der Waals surface area contributed by atoms with Crippen LogP contribution in [0.25, 0.3) is 0 Å². The summed E-state index contributed by atoms with van der Waals surface area (Å²) in [5, 5.41) is 7.52. The number of nitrogens with zero attached hydrogens (tertiary/aromatic N) is 2. The fraction of sp³-hybridized carbons (Fsp3) is 0.667. The molecule has 5 heteroatoms. The summed E-state index contributed by atoms with van der Waals surface area (Å²) in [4.78, 5) is 0. The Morgan fingerprint density at radius 2 is 2.57 bits per heavy atom. The molecule has 2 rings (SSSR count). The zero-order valence-corrected chi connectivity index (χ0v) is 8.36. The molecule has 0 radical (unpaired) electrons. The summed E-state index contributed by atoms with van der Waals surface area (Å²) < 4.78 is 7.07. The van der Waals surface area contributed by atoms with Crippen molar-refractivity contribution in [1.82, 2.24) is 9.78 Å². The predicted molar refractivity (Wildman–Crippen MR) is 55.1 cm³/mol. The molecule has 2 heterocycles. The Hall–Kier alpha value is -1.23. The van der Waals surface area contributed by atoms with E-state index in [0.717, 1.165) is 31.9 Å². The second-order valence-corrected chi connectivity index (χ2v) is 3.67. The van der Waals surface area contributed by atoms with Gasteiger partial charge in [-0.1, -0.05) is 0 Å². The minimum absolute atomic E-state index is 0.348. The molecule has 1 fully saturated rings. The van der Waals surface area contributed by atoms with Gasteiger partial charge in [-0.3, -0.25) is 4.68 Å². The van der Waals surface area contributed by atoms with Crippen molar-refractivity contribution in [1.29, 1.82) is 0 Å². The molecule has 1 aliphatic heterocycles. The molecule has 78 valence electrons. The van der Waals surface area contributed by atoms with Gasteiger partial charge in [-0.15, -0.1) is 0 Å². The molecule has 0 spiro atoms. The Labute approximate surface area is 83.2 Å². The molecule has 0 aliphatic carbocycles. The molecule has 1 saturated heterocycles. The standard InChI is InChI=1S/C9H16N4O/c1-13-5-8(10)9(12-13)11-7-3-2-4-14-6-7/h5,7H,2-4,6,10H2,1H3,(H,11,12). The first-order chi connectivity index (χ1) is 6.75. The highest BCUT2D eigenvalue weighted by atomic mass is 16.5. The lowest BCUT2D eigenvalue weighted by Crippen LogP contribution is -2.30. The van der Waals surface area contributed by atoms with Gasteiger partial charge in [0.1, 0.15) is 0 Å². The zero-order chi connectivity index (χ0) is 9.97. The second kappa shape index (κ2) is 3.88. The number of anilines is 2. The first kappa shape index (κ1) is 9.33. The van der Waals surface area contributed by atoms with Gasteiger partial charge in [0.05, 0.1) is 18.3 Å². The van der Waals surface area contributed by atoms with E-state index in [4.69, 9.17) is 10.5 Å². The summed E-state index contributed by atoms with van der Waals surface area (Å²) in [5.41, 5.74) is 6.46. The molecule has 14 heavy (non-hydrogen) atoms. The van der Waals surface area contributed by atoms with Gasteiger partial charge < -0.3 is 15.8 Å². The summed E-state index contributed by atoms with van der Waals surface area (Å²) >= 11 is 0. The molecule has 1 aromatic rings. The Bertz CT molecular complexity index is 304. The van der Waals surface area contributed by atoms with Gasteiger partial charge in [0.15, 0.2) is 5.82 Å². The first-order valence-electron chi connectivity index (χ1n) is 4.89. The van der Waals surface area contributed by atoms with Gasteiger partial charge in [-0.05, 0) is 12.8 Å².